The normalized spacial score (nSPS) is 20.9. The summed E-state index contributed by atoms with van der Waals surface area (Å²) in [7, 11) is 1.67. The minimum absolute atomic E-state index is 0.0114. The van der Waals surface area contributed by atoms with E-state index in [9.17, 15) is 19.6 Å². The largest absolute Gasteiger partial charge is 0.380 e. The van der Waals surface area contributed by atoms with Crippen molar-refractivity contribution < 1.29 is 19.1 Å². The van der Waals surface area contributed by atoms with Crippen LogP contribution in [0.15, 0.2) is 18.3 Å². The van der Waals surface area contributed by atoms with Gasteiger partial charge >= 0.3 is 6.03 Å². The number of methoxy groups -OCH3 is 1. The number of hydrogen-bond donors (Lipinski definition) is 1. The summed E-state index contributed by atoms with van der Waals surface area (Å²) in [6, 6.07) is 5.38. The molecular formula is C27H31N7O4. The van der Waals surface area contributed by atoms with Crippen molar-refractivity contribution in [1.82, 2.24) is 14.9 Å². The second kappa shape index (κ2) is 10.8. The molecule has 2 aromatic heterocycles. The number of nitrogens with zero attached hydrogens (tertiary/aromatic N) is 6. The van der Waals surface area contributed by atoms with Gasteiger partial charge in [0.05, 0.1) is 17.4 Å². The third-order valence-corrected chi connectivity index (χ3v) is 7.61. The molecule has 2 aromatic rings. The van der Waals surface area contributed by atoms with Gasteiger partial charge in [-0.25, -0.2) is 14.8 Å². The first-order chi connectivity index (χ1) is 18.4. The van der Waals surface area contributed by atoms with Crippen LogP contribution in [0.4, 0.5) is 22.1 Å². The lowest BCUT2D eigenvalue weighted by atomic mass is 10.0. The number of aldehydes is 1. The van der Waals surface area contributed by atoms with Gasteiger partial charge in [-0.05, 0) is 37.3 Å². The molecule has 2 atom stereocenters. The number of hydrogen-bond acceptors (Lipinski definition) is 8. The summed E-state index contributed by atoms with van der Waals surface area (Å²) in [6.07, 6.45) is 5.35. The minimum Gasteiger partial charge on any atom is -0.380 e. The van der Waals surface area contributed by atoms with Crippen molar-refractivity contribution in [3.63, 3.8) is 0 Å². The monoisotopic (exact) mass is 517 g/mol. The zero-order valence-corrected chi connectivity index (χ0v) is 21.6. The zero-order valence-electron chi connectivity index (χ0n) is 21.6. The number of carbonyl (C=O) groups excluding carboxylic acids is 3. The molecule has 0 bridgehead atoms. The van der Waals surface area contributed by atoms with Gasteiger partial charge in [0.25, 0.3) is 0 Å². The van der Waals surface area contributed by atoms with Gasteiger partial charge in [0.2, 0.25) is 5.91 Å². The molecule has 11 heteroatoms. The molecule has 5 rings (SSSR count). The number of likely N-dealkylation sites (tertiary alicyclic amines) is 1. The Morgan fingerprint density at radius 2 is 2.13 bits per heavy atom. The standard InChI is InChI=1S/C27H31N7O4/c1-17-5-8-33(26(17)36)14-19-10-18-4-3-7-34(25(18)30-22(19)16-35)27(37)31-24-11-23(20(12-28)13-29-24)32-9-6-21(15-32)38-2/h10-11,13,16-17,21H,3-9,14-15H2,1-2H3,(H,29,31,37)/t17-,21+/m0/s1. The van der Waals surface area contributed by atoms with Crippen molar-refractivity contribution >= 4 is 35.5 Å². The van der Waals surface area contributed by atoms with Gasteiger partial charge in [0.15, 0.2) is 6.29 Å². The quantitative estimate of drug-likeness (QED) is 0.579. The van der Waals surface area contributed by atoms with Gasteiger partial charge in [-0.2, -0.15) is 5.26 Å². The first kappa shape index (κ1) is 25.6. The Kier molecular flexibility index (Phi) is 7.24. The van der Waals surface area contributed by atoms with E-state index in [4.69, 9.17) is 4.74 Å². The van der Waals surface area contributed by atoms with Crippen LogP contribution in [0.3, 0.4) is 0 Å². The molecule has 3 aliphatic heterocycles. The molecule has 3 aliphatic rings. The Morgan fingerprint density at radius 3 is 2.82 bits per heavy atom. The van der Waals surface area contributed by atoms with E-state index in [0.29, 0.717) is 60.9 Å². The Bertz CT molecular complexity index is 1310. The van der Waals surface area contributed by atoms with Gasteiger partial charge in [-0.3, -0.25) is 19.8 Å². The van der Waals surface area contributed by atoms with Crippen LogP contribution in [0.2, 0.25) is 0 Å². The fraction of sp³-hybridized carbons (Fsp3) is 0.481. The van der Waals surface area contributed by atoms with Crippen LogP contribution in [0.1, 0.15) is 53.4 Å². The molecule has 0 saturated carbocycles. The van der Waals surface area contributed by atoms with Gasteiger partial charge in [-0.1, -0.05) is 6.92 Å². The maximum atomic E-state index is 13.4. The molecule has 0 spiro atoms. The molecule has 2 saturated heterocycles. The number of fused-ring (bicyclic) bond motifs is 1. The van der Waals surface area contributed by atoms with Crippen LogP contribution >= 0.6 is 0 Å². The topological polar surface area (TPSA) is 132 Å². The van der Waals surface area contributed by atoms with E-state index in [1.54, 1.807) is 18.1 Å². The number of pyridine rings is 2. The molecule has 0 aromatic carbocycles. The number of aryl methyl sites for hydroxylation is 1. The number of amides is 3. The average molecular weight is 518 g/mol. The predicted octanol–water partition coefficient (Wildman–Crippen LogP) is 2.74. The number of carbonyl (C=O) groups is 3. The molecule has 3 amide bonds. The van der Waals surface area contributed by atoms with E-state index in [1.165, 1.54) is 11.1 Å². The number of urea groups is 1. The first-order valence-electron chi connectivity index (χ1n) is 12.9. The van der Waals surface area contributed by atoms with Crippen molar-refractivity contribution in [1.29, 1.82) is 5.26 Å². The van der Waals surface area contributed by atoms with Gasteiger partial charge in [-0.15, -0.1) is 0 Å². The molecule has 0 radical (unpaired) electrons. The summed E-state index contributed by atoms with van der Waals surface area (Å²) in [4.78, 5) is 51.9. The number of ether oxygens (including phenoxy) is 1. The van der Waals surface area contributed by atoms with Gasteiger partial charge in [0, 0.05) is 63.6 Å². The van der Waals surface area contributed by atoms with Crippen molar-refractivity contribution in [3.8, 4) is 6.07 Å². The SMILES string of the molecule is CO[C@@H]1CCN(c2cc(NC(=O)N3CCCc4cc(CN5CC[C@H](C)C5=O)c(C=O)nc43)ncc2C#N)C1. The number of nitrogens with one attached hydrogen (secondary N) is 1. The van der Waals surface area contributed by atoms with E-state index in [0.717, 1.165) is 37.8 Å². The van der Waals surface area contributed by atoms with Crippen LogP contribution in [-0.2, 0) is 22.5 Å². The summed E-state index contributed by atoms with van der Waals surface area (Å²) >= 11 is 0. The van der Waals surface area contributed by atoms with Crippen LogP contribution in [0, 0.1) is 17.2 Å². The molecule has 1 N–H and O–H groups in total. The average Bonchev–Trinajstić information content (AvgIpc) is 3.54. The van der Waals surface area contributed by atoms with Crippen LogP contribution in [0.5, 0.6) is 0 Å². The lowest BCUT2D eigenvalue weighted by molar-refractivity contribution is -0.131. The highest BCUT2D eigenvalue weighted by molar-refractivity contribution is 6.02. The summed E-state index contributed by atoms with van der Waals surface area (Å²) in [5, 5.41) is 12.4. The summed E-state index contributed by atoms with van der Waals surface area (Å²) in [6.45, 7) is 4.75. The van der Waals surface area contributed by atoms with Crippen molar-refractivity contribution in [2.24, 2.45) is 5.92 Å². The second-order valence-corrected chi connectivity index (χ2v) is 10.1. The summed E-state index contributed by atoms with van der Waals surface area (Å²) < 4.78 is 5.45. The Labute approximate surface area is 221 Å². The highest BCUT2D eigenvalue weighted by Crippen LogP contribution is 2.31. The fourth-order valence-electron chi connectivity index (χ4n) is 5.42. The molecule has 198 valence electrons. The lowest BCUT2D eigenvalue weighted by Gasteiger charge is -2.29. The van der Waals surface area contributed by atoms with Crippen LogP contribution in [-0.4, -0.2) is 72.5 Å². The third kappa shape index (κ3) is 4.91. The van der Waals surface area contributed by atoms with E-state index in [1.807, 2.05) is 13.0 Å². The molecule has 38 heavy (non-hydrogen) atoms. The highest BCUT2D eigenvalue weighted by atomic mass is 16.5. The first-order valence-corrected chi connectivity index (χ1v) is 12.9. The lowest BCUT2D eigenvalue weighted by Crippen LogP contribution is -2.40. The van der Waals surface area contributed by atoms with Crippen molar-refractivity contribution in [2.75, 3.05) is 48.4 Å². The minimum atomic E-state index is -0.411. The molecule has 11 nitrogen and oxygen atoms in total. The Morgan fingerprint density at radius 1 is 1.29 bits per heavy atom. The second-order valence-electron chi connectivity index (χ2n) is 10.1. The van der Waals surface area contributed by atoms with E-state index < -0.39 is 6.03 Å². The highest BCUT2D eigenvalue weighted by Gasteiger charge is 2.31. The fourth-order valence-corrected chi connectivity index (χ4v) is 5.42. The van der Waals surface area contributed by atoms with Crippen molar-refractivity contribution in [3.05, 3.63) is 40.7 Å². The molecular weight excluding hydrogens is 486 g/mol. The van der Waals surface area contributed by atoms with Crippen molar-refractivity contribution in [2.45, 2.75) is 45.3 Å². The number of nitriles is 1. The van der Waals surface area contributed by atoms with E-state index >= 15 is 0 Å². The Balaban J connectivity index is 1.36. The molecule has 2 fully saturated rings. The third-order valence-electron chi connectivity index (χ3n) is 7.61. The molecule has 0 unspecified atom stereocenters. The number of rotatable bonds is 6. The van der Waals surface area contributed by atoms with Crippen LogP contribution < -0.4 is 15.1 Å². The summed E-state index contributed by atoms with van der Waals surface area (Å²) in [5.41, 5.74) is 2.92. The maximum Gasteiger partial charge on any atom is 0.328 e. The van der Waals surface area contributed by atoms with Gasteiger partial charge < -0.3 is 14.5 Å². The zero-order chi connectivity index (χ0) is 26.8. The van der Waals surface area contributed by atoms with E-state index in [-0.39, 0.29) is 23.6 Å². The number of aromatic nitrogens is 2. The number of anilines is 3. The summed E-state index contributed by atoms with van der Waals surface area (Å²) in [5.74, 6) is 0.840. The predicted molar refractivity (Wildman–Crippen MR) is 140 cm³/mol. The molecule has 0 aliphatic carbocycles. The maximum absolute atomic E-state index is 13.4. The Hall–Kier alpha value is -4.04. The van der Waals surface area contributed by atoms with E-state index in [2.05, 4.69) is 26.3 Å². The van der Waals surface area contributed by atoms with Gasteiger partial charge in [0.1, 0.15) is 23.4 Å². The smallest absolute Gasteiger partial charge is 0.328 e. The molecule has 5 heterocycles. The van der Waals surface area contributed by atoms with Crippen LogP contribution in [0.25, 0.3) is 0 Å².